The number of benzene rings is 2. The van der Waals surface area contributed by atoms with E-state index in [9.17, 15) is 0 Å². The van der Waals surface area contributed by atoms with Crippen LogP contribution in [0.3, 0.4) is 0 Å². The van der Waals surface area contributed by atoms with Gasteiger partial charge in [0, 0.05) is 36.6 Å². The van der Waals surface area contributed by atoms with Gasteiger partial charge in [-0.2, -0.15) is 5.10 Å². The Morgan fingerprint density at radius 3 is 2.59 bits per heavy atom. The fourth-order valence-electron chi connectivity index (χ4n) is 4.83. The second kappa shape index (κ2) is 9.13. The molecule has 0 amide bonds. The smallest absolute Gasteiger partial charge is 0.156 e. The lowest BCUT2D eigenvalue weighted by atomic mass is 10.0. The minimum atomic E-state index is 0.749. The molecule has 0 aliphatic carbocycles. The largest absolute Gasteiger partial charge is 0.342 e. The van der Waals surface area contributed by atoms with Crippen molar-refractivity contribution in [2.45, 2.75) is 39.3 Å². The van der Waals surface area contributed by atoms with Crippen molar-refractivity contribution in [3.05, 3.63) is 78.1 Å². The molecule has 0 bridgehead atoms. The highest BCUT2D eigenvalue weighted by Gasteiger charge is 2.28. The Bertz CT molecular complexity index is 1190. The summed E-state index contributed by atoms with van der Waals surface area (Å²) in [5, 5.41) is 7.78. The van der Waals surface area contributed by atoms with Crippen molar-refractivity contribution < 1.29 is 0 Å². The lowest BCUT2D eigenvalue weighted by Crippen LogP contribution is -2.40. The Hall–Kier alpha value is -3.18. The van der Waals surface area contributed by atoms with E-state index in [4.69, 9.17) is 5.10 Å². The van der Waals surface area contributed by atoms with Crippen molar-refractivity contribution in [3.63, 3.8) is 0 Å². The number of aromatic nitrogens is 3. The van der Waals surface area contributed by atoms with E-state index in [1.165, 1.54) is 52.4 Å². The molecule has 0 atom stereocenters. The molecule has 0 fully saturated rings. The first kappa shape index (κ1) is 20.7. The molecule has 1 aliphatic rings. The van der Waals surface area contributed by atoms with Gasteiger partial charge in [-0.3, -0.25) is 14.6 Å². The number of hydrogen-bond donors (Lipinski definition) is 0. The van der Waals surface area contributed by atoms with Crippen LogP contribution in [0, 0.1) is 0 Å². The Kier molecular flexibility index (Phi) is 5.91. The van der Waals surface area contributed by atoms with Crippen molar-refractivity contribution in [1.82, 2.24) is 19.7 Å². The standard InChI is InChI=1S/C27H31N5/c1-3-4-7-17-31-20-30(2)19-25-26(22-13-15-28-16-14-22)32(29-27(25)31)18-23-11-8-10-21-9-5-6-12-24(21)23/h5-6,8-16H,3-4,7,17-20H2,1-2H3. The summed E-state index contributed by atoms with van der Waals surface area (Å²) < 4.78 is 2.22. The van der Waals surface area contributed by atoms with E-state index in [1.54, 1.807) is 0 Å². The van der Waals surface area contributed by atoms with Crippen molar-refractivity contribution in [2.75, 3.05) is 25.2 Å². The minimum absolute atomic E-state index is 0.749. The molecule has 164 valence electrons. The van der Waals surface area contributed by atoms with E-state index in [0.717, 1.165) is 32.1 Å². The van der Waals surface area contributed by atoms with Crippen LogP contribution in [0.15, 0.2) is 67.0 Å². The summed E-state index contributed by atoms with van der Waals surface area (Å²) in [6, 6.07) is 19.4. The number of fused-ring (bicyclic) bond motifs is 2. The molecule has 0 N–H and O–H groups in total. The summed E-state index contributed by atoms with van der Waals surface area (Å²) >= 11 is 0. The summed E-state index contributed by atoms with van der Waals surface area (Å²) in [4.78, 5) is 9.10. The number of pyridine rings is 1. The minimum Gasteiger partial charge on any atom is -0.342 e. The van der Waals surface area contributed by atoms with Crippen LogP contribution in [0.25, 0.3) is 22.0 Å². The summed E-state index contributed by atoms with van der Waals surface area (Å²) in [6.07, 6.45) is 7.44. The molecule has 0 radical (unpaired) electrons. The van der Waals surface area contributed by atoms with E-state index in [1.807, 2.05) is 12.4 Å². The van der Waals surface area contributed by atoms with Gasteiger partial charge in [-0.15, -0.1) is 0 Å². The highest BCUT2D eigenvalue weighted by atomic mass is 15.4. The van der Waals surface area contributed by atoms with Gasteiger partial charge in [0.2, 0.25) is 0 Å². The molecule has 4 aromatic rings. The van der Waals surface area contributed by atoms with Gasteiger partial charge in [-0.05, 0) is 41.9 Å². The normalized spacial score (nSPS) is 14.1. The van der Waals surface area contributed by atoms with Gasteiger partial charge >= 0.3 is 0 Å². The topological polar surface area (TPSA) is 37.2 Å². The highest BCUT2D eigenvalue weighted by molar-refractivity contribution is 5.85. The Labute approximate surface area is 190 Å². The van der Waals surface area contributed by atoms with Crippen molar-refractivity contribution in [1.29, 1.82) is 0 Å². The van der Waals surface area contributed by atoms with E-state index >= 15 is 0 Å². The van der Waals surface area contributed by atoms with Crippen LogP contribution in [-0.4, -0.2) is 39.9 Å². The number of anilines is 1. The third-order valence-electron chi connectivity index (χ3n) is 6.35. The van der Waals surface area contributed by atoms with Crippen LogP contribution in [0.2, 0.25) is 0 Å². The molecular weight excluding hydrogens is 394 g/mol. The van der Waals surface area contributed by atoms with Gasteiger partial charge < -0.3 is 4.90 Å². The number of rotatable bonds is 7. The van der Waals surface area contributed by atoms with E-state index in [2.05, 4.69) is 88.0 Å². The Morgan fingerprint density at radius 1 is 0.938 bits per heavy atom. The molecule has 5 rings (SSSR count). The van der Waals surface area contributed by atoms with Crippen LogP contribution in [0.4, 0.5) is 5.82 Å². The van der Waals surface area contributed by atoms with E-state index in [-0.39, 0.29) is 0 Å². The molecule has 0 saturated carbocycles. The third-order valence-corrected chi connectivity index (χ3v) is 6.35. The van der Waals surface area contributed by atoms with E-state index < -0.39 is 0 Å². The fraction of sp³-hybridized carbons (Fsp3) is 0.333. The molecule has 3 heterocycles. The number of nitrogens with zero attached hydrogens (tertiary/aromatic N) is 5. The molecule has 5 nitrogen and oxygen atoms in total. The lowest BCUT2D eigenvalue weighted by Gasteiger charge is -2.34. The maximum Gasteiger partial charge on any atom is 0.156 e. The van der Waals surface area contributed by atoms with Gasteiger partial charge in [0.15, 0.2) is 5.82 Å². The van der Waals surface area contributed by atoms with Gasteiger partial charge in [-0.1, -0.05) is 62.2 Å². The average molecular weight is 426 g/mol. The first-order chi connectivity index (χ1) is 15.7. The average Bonchev–Trinajstić information content (AvgIpc) is 3.18. The molecule has 5 heteroatoms. The lowest BCUT2D eigenvalue weighted by molar-refractivity contribution is 0.307. The summed E-state index contributed by atoms with van der Waals surface area (Å²) in [5.41, 5.74) is 5.01. The third kappa shape index (κ3) is 4.00. The Balaban J connectivity index is 1.61. The fourth-order valence-corrected chi connectivity index (χ4v) is 4.83. The monoisotopic (exact) mass is 425 g/mol. The van der Waals surface area contributed by atoms with E-state index in [0.29, 0.717) is 0 Å². The maximum atomic E-state index is 5.22. The quantitative estimate of drug-likeness (QED) is 0.364. The molecule has 0 spiro atoms. The van der Waals surface area contributed by atoms with Crippen LogP contribution in [0.1, 0.15) is 37.3 Å². The van der Waals surface area contributed by atoms with Crippen molar-refractivity contribution in [3.8, 4) is 11.3 Å². The number of hydrogen-bond acceptors (Lipinski definition) is 4. The molecule has 0 saturated heterocycles. The van der Waals surface area contributed by atoms with Gasteiger partial charge in [0.25, 0.3) is 0 Å². The SMILES string of the molecule is CCCCCN1CN(C)Cc2c1nn(Cc1cccc3ccccc13)c2-c1ccncc1. The Morgan fingerprint density at radius 2 is 1.75 bits per heavy atom. The second-order valence-electron chi connectivity index (χ2n) is 8.81. The summed E-state index contributed by atoms with van der Waals surface area (Å²) in [7, 11) is 2.20. The van der Waals surface area contributed by atoms with Crippen LogP contribution in [0.5, 0.6) is 0 Å². The van der Waals surface area contributed by atoms with Crippen molar-refractivity contribution in [2.24, 2.45) is 0 Å². The van der Waals surface area contributed by atoms with Crippen molar-refractivity contribution >= 4 is 16.6 Å². The first-order valence-corrected chi connectivity index (χ1v) is 11.6. The second-order valence-corrected chi connectivity index (χ2v) is 8.81. The van der Waals surface area contributed by atoms with Crippen LogP contribution < -0.4 is 4.90 Å². The summed E-state index contributed by atoms with van der Waals surface area (Å²) in [5.74, 6) is 1.14. The summed E-state index contributed by atoms with van der Waals surface area (Å²) in [6.45, 7) is 5.89. The zero-order chi connectivity index (χ0) is 21.9. The predicted octanol–water partition coefficient (Wildman–Crippen LogP) is 5.55. The van der Waals surface area contributed by atoms with Crippen LogP contribution in [-0.2, 0) is 13.1 Å². The van der Waals surface area contributed by atoms with Gasteiger partial charge in [-0.25, -0.2) is 0 Å². The first-order valence-electron chi connectivity index (χ1n) is 11.6. The zero-order valence-corrected chi connectivity index (χ0v) is 19.0. The molecule has 2 aromatic carbocycles. The van der Waals surface area contributed by atoms with Gasteiger partial charge in [0.1, 0.15) is 0 Å². The molecule has 32 heavy (non-hydrogen) atoms. The van der Waals surface area contributed by atoms with Crippen LogP contribution >= 0.6 is 0 Å². The zero-order valence-electron chi connectivity index (χ0n) is 19.0. The molecule has 0 unspecified atom stereocenters. The maximum absolute atomic E-state index is 5.22. The molecule has 2 aromatic heterocycles. The number of unbranched alkanes of at least 4 members (excludes halogenated alkanes) is 2. The highest BCUT2D eigenvalue weighted by Crippen LogP contribution is 2.36. The molecular formula is C27H31N5. The predicted molar refractivity (Wildman–Crippen MR) is 132 cm³/mol. The molecule has 1 aliphatic heterocycles. The van der Waals surface area contributed by atoms with Gasteiger partial charge in [0.05, 0.1) is 18.9 Å².